The van der Waals surface area contributed by atoms with E-state index in [1.165, 1.54) is 50.5 Å². The van der Waals surface area contributed by atoms with Crippen LogP contribution < -0.4 is 5.32 Å². The predicted octanol–water partition coefficient (Wildman–Crippen LogP) is 8.64. The Kier molecular flexibility index (Phi) is 12.2. The lowest BCUT2D eigenvalue weighted by atomic mass is 9.32. The fourth-order valence-electron chi connectivity index (χ4n) is 14.8. The second kappa shape index (κ2) is 15.5. The number of thioether (sulfide) groups is 1. The number of carboxylic acid groups (broad SMARTS) is 1. The van der Waals surface area contributed by atoms with Gasteiger partial charge >= 0.3 is 11.9 Å². The largest absolute Gasteiger partial charge is 0.481 e. The molecule has 6 aliphatic rings. The Hall–Kier alpha value is -1.10. The second-order valence-corrected chi connectivity index (χ2v) is 24.9. The first-order valence-electron chi connectivity index (χ1n) is 21.8. The summed E-state index contributed by atoms with van der Waals surface area (Å²) < 4.78 is 31.0. The maximum absolute atomic E-state index is 13.3. The van der Waals surface area contributed by atoms with Gasteiger partial charge in [-0.1, -0.05) is 60.6 Å². The van der Waals surface area contributed by atoms with Gasteiger partial charge in [-0.25, -0.2) is 8.42 Å². The molecule has 5 aliphatic carbocycles. The molecule has 314 valence electrons. The van der Waals surface area contributed by atoms with E-state index < -0.39 is 21.2 Å². The number of hydrogen-bond donors (Lipinski definition) is 2. The lowest BCUT2D eigenvalue weighted by molar-refractivity contribution is -0.246. The molecule has 6 fully saturated rings. The van der Waals surface area contributed by atoms with Crippen LogP contribution in [0.5, 0.6) is 0 Å². The fraction of sp³-hybridized carbons (Fsp3) is 0.911. The van der Waals surface area contributed by atoms with Crippen molar-refractivity contribution < 1.29 is 27.9 Å². The van der Waals surface area contributed by atoms with Crippen LogP contribution in [0.25, 0.3) is 0 Å². The first-order chi connectivity index (χ1) is 25.5. The third-order valence-corrected chi connectivity index (χ3v) is 20.0. The highest BCUT2D eigenvalue weighted by molar-refractivity contribution is 7.98. The topological polar surface area (TPSA) is 113 Å². The number of ether oxygens (including phenoxy) is 1. The summed E-state index contributed by atoms with van der Waals surface area (Å²) in [6.07, 6.45) is 14.8. The molecule has 5 saturated carbocycles. The number of fused-ring (bicyclic) bond motifs is 7. The number of carbonyl (C=O) groups is 2. The maximum Gasteiger partial charge on any atom is 0.306 e. The van der Waals surface area contributed by atoms with Crippen LogP contribution in [0.2, 0.25) is 0 Å². The van der Waals surface area contributed by atoms with Crippen molar-refractivity contribution in [1.29, 1.82) is 0 Å². The minimum atomic E-state index is -2.92. The number of carbonyl (C=O) groups excluding carboxylic acids is 1. The smallest absolute Gasteiger partial charge is 0.306 e. The summed E-state index contributed by atoms with van der Waals surface area (Å²) in [5, 5.41) is 13.7. The third kappa shape index (κ3) is 7.88. The summed E-state index contributed by atoms with van der Waals surface area (Å²) in [7, 11) is -2.92. The number of sulfone groups is 1. The standard InChI is InChI=1S/C45H76N2O6S2/c1-30(2)32-13-19-45(46-29-31(16-24-54-10)47-22-25-55(51,52)26-23-47)21-20-43(8)33(39(32)45)11-12-35-42(7)17-15-36(41(5,6)34(42)14-18-44(35,43)9)53-38(50)28-40(3,4)27-37(48)49/h31-36,39,46H,1,11-29H2,2-10H3,(H,48,49)/t31?,32-,33+,34-,35+,36-,39+,42-,43+,44+,45-/m0/s1. The Morgan fingerprint density at radius 2 is 1.62 bits per heavy atom. The molecule has 2 N–H and O–H groups in total. The predicted molar refractivity (Wildman–Crippen MR) is 225 cm³/mol. The molecule has 10 heteroatoms. The minimum Gasteiger partial charge on any atom is -0.481 e. The van der Waals surface area contributed by atoms with Crippen LogP contribution in [-0.2, 0) is 24.2 Å². The molecule has 0 bridgehead atoms. The van der Waals surface area contributed by atoms with Crippen molar-refractivity contribution in [3.63, 3.8) is 0 Å². The molecule has 6 rings (SSSR count). The van der Waals surface area contributed by atoms with Crippen molar-refractivity contribution >= 4 is 33.5 Å². The molecule has 1 unspecified atom stereocenters. The van der Waals surface area contributed by atoms with E-state index in [1.807, 2.05) is 25.6 Å². The number of allylic oxidation sites excluding steroid dienone is 1. The molecular weight excluding hydrogens is 729 g/mol. The number of nitrogens with zero attached hydrogens (tertiary/aromatic N) is 1. The number of nitrogens with one attached hydrogen (secondary N) is 1. The number of aliphatic carboxylic acids is 1. The normalized spacial score (nSPS) is 41.5. The number of esters is 1. The van der Waals surface area contributed by atoms with Crippen molar-refractivity contribution in [3.8, 4) is 0 Å². The van der Waals surface area contributed by atoms with E-state index in [2.05, 4.69) is 64.6 Å². The van der Waals surface area contributed by atoms with Gasteiger partial charge in [0.25, 0.3) is 0 Å². The van der Waals surface area contributed by atoms with Crippen molar-refractivity contribution in [2.45, 2.75) is 157 Å². The molecule has 0 spiro atoms. The molecule has 0 aromatic rings. The Morgan fingerprint density at radius 1 is 0.927 bits per heavy atom. The van der Waals surface area contributed by atoms with Crippen molar-refractivity contribution in [2.24, 2.45) is 56.7 Å². The monoisotopic (exact) mass is 805 g/mol. The molecule has 0 aromatic heterocycles. The zero-order valence-corrected chi connectivity index (χ0v) is 37.6. The van der Waals surface area contributed by atoms with E-state index in [0.29, 0.717) is 48.7 Å². The first-order valence-corrected chi connectivity index (χ1v) is 25.0. The van der Waals surface area contributed by atoms with Gasteiger partial charge in [0.1, 0.15) is 6.10 Å². The van der Waals surface area contributed by atoms with Gasteiger partial charge in [-0.15, -0.1) is 0 Å². The quantitative estimate of drug-likeness (QED) is 0.140. The minimum absolute atomic E-state index is 0.0480. The lowest BCUT2D eigenvalue weighted by Crippen LogP contribution is -2.69. The highest BCUT2D eigenvalue weighted by atomic mass is 32.2. The molecule has 1 heterocycles. The maximum atomic E-state index is 13.3. The zero-order chi connectivity index (χ0) is 40.4. The van der Waals surface area contributed by atoms with E-state index >= 15 is 0 Å². The van der Waals surface area contributed by atoms with Gasteiger partial charge in [0, 0.05) is 36.6 Å². The van der Waals surface area contributed by atoms with E-state index in [0.717, 1.165) is 38.0 Å². The van der Waals surface area contributed by atoms with E-state index in [9.17, 15) is 23.1 Å². The molecule has 8 nitrogen and oxygen atoms in total. The van der Waals surface area contributed by atoms with Crippen LogP contribution in [0, 0.1) is 56.7 Å². The molecule has 0 radical (unpaired) electrons. The average molecular weight is 805 g/mol. The molecule has 0 aromatic carbocycles. The highest BCUT2D eigenvalue weighted by Gasteiger charge is 2.71. The van der Waals surface area contributed by atoms with Crippen LogP contribution >= 0.6 is 11.8 Å². The van der Waals surface area contributed by atoms with Crippen LogP contribution in [-0.4, -0.2) is 91.2 Å². The van der Waals surface area contributed by atoms with Crippen LogP contribution in [0.15, 0.2) is 12.2 Å². The van der Waals surface area contributed by atoms with E-state index in [1.54, 1.807) is 0 Å². The molecule has 1 saturated heterocycles. The van der Waals surface area contributed by atoms with Crippen LogP contribution in [0.3, 0.4) is 0 Å². The summed E-state index contributed by atoms with van der Waals surface area (Å²) in [5.41, 5.74) is 1.25. The van der Waals surface area contributed by atoms with Crippen LogP contribution in [0.1, 0.15) is 139 Å². The first kappa shape index (κ1) is 43.5. The van der Waals surface area contributed by atoms with Crippen molar-refractivity contribution in [3.05, 3.63) is 12.2 Å². The van der Waals surface area contributed by atoms with Gasteiger partial charge in [0.05, 0.1) is 24.3 Å². The summed E-state index contributed by atoms with van der Waals surface area (Å²) in [6.45, 7) is 25.5. The van der Waals surface area contributed by atoms with Gasteiger partial charge in [-0.05, 0) is 141 Å². The molecule has 0 amide bonds. The van der Waals surface area contributed by atoms with Gasteiger partial charge < -0.3 is 15.2 Å². The van der Waals surface area contributed by atoms with Gasteiger partial charge in [-0.3, -0.25) is 14.5 Å². The highest BCUT2D eigenvalue weighted by Crippen LogP contribution is 2.76. The SMILES string of the molecule is C=C(C)[C@@H]1CC[C@]2(NCC(CCSC)N3CCS(=O)(=O)CC3)CC[C@]3(C)[C@H](CC[C@@H]4[C@@]5(C)CC[C@H](OC(=O)CC(C)(C)CC(=O)O)C(C)(C)[C@@H]5CC[C@]43C)[C@@H]12. The van der Waals surface area contributed by atoms with Gasteiger partial charge in [0.2, 0.25) is 0 Å². The summed E-state index contributed by atoms with van der Waals surface area (Å²) in [4.78, 5) is 27.2. The Labute approximate surface area is 338 Å². The summed E-state index contributed by atoms with van der Waals surface area (Å²) in [5.74, 6) is 3.30. The molecular formula is C45H76N2O6S2. The number of hydrogen-bond acceptors (Lipinski definition) is 8. The fourth-order valence-corrected chi connectivity index (χ4v) is 16.5. The number of rotatable bonds is 13. The molecule has 1 aliphatic heterocycles. The average Bonchev–Trinajstić information content (AvgIpc) is 3.46. The van der Waals surface area contributed by atoms with Crippen molar-refractivity contribution in [2.75, 3.05) is 43.1 Å². The van der Waals surface area contributed by atoms with Crippen molar-refractivity contribution in [1.82, 2.24) is 10.2 Å². The van der Waals surface area contributed by atoms with E-state index in [4.69, 9.17) is 4.74 Å². The number of carboxylic acids is 1. The Balaban J connectivity index is 1.21. The van der Waals surface area contributed by atoms with Gasteiger partial charge in [-0.2, -0.15) is 11.8 Å². The molecule has 55 heavy (non-hydrogen) atoms. The Morgan fingerprint density at radius 3 is 2.25 bits per heavy atom. The third-order valence-electron chi connectivity index (χ3n) is 17.8. The summed E-state index contributed by atoms with van der Waals surface area (Å²) in [6, 6.07) is 0.354. The lowest BCUT2D eigenvalue weighted by Gasteiger charge is -2.73. The second-order valence-electron chi connectivity index (χ2n) is 21.6. The molecule has 11 atom stereocenters. The van der Waals surface area contributed by atoms with Gasteiger partial charge in [0.15, 0.2) is 9.84 Å². The van der Waals surface area contributed by atoms with Crippen LogP contribution in [0.4, 0.5) is 0 Å². The summed E-state index contributed by atoms with van der Waals surface area (Å²) >= 11 is 1.89. The Bertz CT molecular complexity index is 1570. The zero-order valence-electron chi connectivity index (χ0n) is 35.9. The van der Waals surface area contributed by atoms with E-state index in [-0.39, 0.29) is 63.6 Å².